The first-order chi connectivity index (χ1) is 11.5. The molecule has 2 aromatic rings. The number of sulfonamides is 1. The topological polar surface area (TPSA) is 79.4 Å². The quantitative estimate of drug-likeness (QED) is 0.903. The van der Waals surface area contributed by atoms with Crippen LogP contribution in [0.25, 0.3) is 0 Å². The van der Waals surface area contributed by atoms with Crippen LogP contribution in [0.2, 0.25) is 0 Å². The fraction of sp³-hybridized carbons (Fsp3) is 0.375. The number of carbonyl (C=O) groups is 1. The van der Waals surface area contributed by atoms with Gasteiger partial charge in [-0.05, 0) is 44.0 Å². The zero-order valence-corrected chi connectivity index (χ0v) is 14.9. The molecular formula is C16H19N3O3S2. The van der Waals surface area contributed by atoms with Crippen LogP contribution in [-0.2, 0) is 10.0 Å². The highest BCUT2D eigenvalue weighted by atomic mass is 32.2. The average molecular weight is 365 g/mol. The number of nitrogens with zero attached hydrogens (tertiary/aromatic N) is 2. The number of benzene rings is 1. The van der Waals surface area contributed by atoms with Crippen LogP contribution in [0.4, 0.5) is 5.13 Å². The first-order valence-electron chi connectivity index (χ1n) is 7.81. The van der Waals surface area contributed by atoms with Gasteiger partial charge in [0, 0.05) is 29.7 Å². The number of aromatic nitrogens is 1. The summed E-state index contributed by atoms with van der Waals surface area (Å²) >= 11 is 1.33. The Labute approximate surface area is 145 Å². The number of thiazole rings is 1. The monoisotopic (exact) mass is 365 g/mol. The summed E-state index contributed by atoms with van der Waals surface area (Å²) in [5.74, 6) is -0.305. The molecule has 1 atom stereocenters. The molecule has 0 saturated carbocycles. The second-order valence-corrected chi connectivity index (χ2v) is 8.56. The van der Waals surface area contributed by atoms with Gasteiger partial charge in [0.15, 0.2) is 5.13 Å². The van der Waals surface area contributed by atoms with Crippen molar-refractivity contribution in [2.75, 3.05) is 11.9 Å². The van der Waals surface area contributed by atoms with E-state index in [1.807, 2.05) is 6.92 Å². The number of piperidine rings is 1. The average Bonchev–Trinajstić information content (AvgIpc) is 3.08. The maximum atomic E-state index is 12.8. The summed E-state index contributed by atoms with van der Waals surface area (Å²) in [7, 11) is -3.51. The SMILES string of the molecule is C[C@H]1CCCCN1S(=O)(=O)c1ccc(C(=O)Nc2nccs2)cc1. The van der Waals surface area contributed by atoms with Crippen LogP contribution < -0.4 is 5.32 Å². The first-order valence-corrected chi connectivity index (χ1v) is 10.1. The van der Waals surface area contributed by atoms with Crippen LogP contribution in [0.3, 0.4) is 0 Å². The van der Waals surface area contributed by atoms with Crippen molar-refractivity contribution in [1.29, 1.82) is 0 Å². The fourth-order valence-corrected chi connectivity index (χ4v) is 5.02. The second kappa shape index (κ2) is 7.00. The lowest BCUT2D eigenvalue weighted by atomic mass is 10.1. The van der Waals surface area contributed by atoms with Crippen LogP contribution in [0.1, 0.15) is 36.5 Å². The van der Waals surface area contributed by atoms with Crippen LogP contribution in [-0.4, -0.2) is 36.2 Å². The Balaban J connectivity index is 1.77. The minimum absolute atomic E-state index is 0.0108. The highest BCUT2D eigenvalue weighted by molar-refractivity contribution is 7.89. The standard InChI is InChI=1S/C16H19N3O3S2/c1-12-4-2-3-10-19(12)24(21,22)14-7-5-13(6-8-14)15(20)18-16-17-9-11-23-16/h5-9,11-12H,2-4,10H2,1H3,(H,17,18,20)/t12-/m0/s1. The van der Waals surface area contributed by atoms with Gasteiger partial charge >= 0.3 is 0 Å². The summed E-state index contributed by atoms with van der Waals surface area (Å²) in [5.41, 5.74) is 0.399. The molecule has 1 aromatic heterocycles. The molecule has 1 aliphatic heterocycles. The molecule has 0 spiro atoms. The maximum absolute atomic E-state index is 12.8. The van der Waals surface area contributed by atoms with Crippen LogP contribution in [0.5, 0.6) is 0 Å². The molecule has 1 aromatic carbocycles. The fourth-order valence-electron chi connectivity index (χ4n) is 2.80. The zero-order valence-electron chi connectivity index (χ0n) is 13.3. The summed E-state index contributed by atoms with van der Waals surface area (Å²) in [4.78, 5) is 16.3. The second-order valence-electron chi connectivity index (χ2n) is 5.78. The molecule has 6 nitrogen and oxygen atoms in total. The number of anilines is 1. The van der Waals surface area contributed by atoms with E-state index in [-0.39, 0.29) is 16.8 Å². The lowest BCUT2D eigenvalue weighted by Crippen LogP contribution is -2.41. The molecule has 24 heavy (non-hydrogen) atoms. The predicted molar refractivity (Wildman–Crippen MR) is 93.7 cm³/mol. The molecule has 1 aliphatic rings. The Kier molecular flexibility index (Phi) is 4.98. The molecule has 1 saturated heterocycles. The van der Waals surface area contributed by atoms with Crippen molar-refractivity contribution < 1.29 is 13.2 Å². The molecule has 0 aliphatic carbocycles. The number of hydrogen-bond acceptors (Lipinski definition) is 5. The van der Waals surface area contributed by atoms with Gasteiger partial charge in [0.25, 0.3) is 5.91 Å². The van der Waals surface area contributed by atoms with Gasteiger partial charge < -0.3 is 0 Å². The van der Waals surface area contributed by atoms with Gasteiger partial charge in [-0.2, -0.15) is 4.31 Å². The number of nitrogens with one attached hydrogen (secondary N) is 1. The Morgan fingerprint density at radius 3 is 2.67 bits per heavy atom. The van der Waals surface area contributed by atoms with Crippen molar-refractivity contribution in [1.82, 2.24) is 9.29 Å². The van der Waals surface area contributed by atoms with Crippen molar-refractivity contribution >= 4 is 32.4 Å². The van der Waals surface area contributed by atoms with Crippen molar-refractivity contribution in [2.45, 2.75) is 37.1 Å². The Bertz CT molecular complexity index is 802. The van der Waals surface area contributed by atoms with Crippen LogP contribution in [0, 0.1) is 0 Å². The van der Waals surface area contributed by atoms with E-state index in [2.05, 4.69) is 10.3 Å². The third-order valence-electron chi connectivity index (χ3n) is 4.12. The van der Waals surface area contributed by atoms with E-state index < -0.39 is 10.0 Å². The van der Waals surface area contributed by atoms with Gasteiger partial charge in [-0.25, -0.2) is 13.4 Å². The Morgan fingerprint density at radius 1 is 1.29 bits per heavy atom. The normalized spacial score (nSPS) is 19.1. The highest BCUT2D eigenvalue weighted by Crippen LogP contribution is 2.25. The van der Waals surface area contributed by atoms with E-state index in [9.17, 15) is 13.2 Å². The first kappa shape index (κ1) is 17.1. The van der Waals surface area contributed by atoms with Crippen LogP contribution >= 0.6 is 11.3 Å². The molecule has 0 radical (unpaired) electrons. The number of hydrogen-bond donors (Lipinski definition) is 1. The van der Waals surface area contributed by atoms with Gasteiger partial charge in [-0.3, -0.25) is 10.1 Å². The highest BCUT2D eigenvalue weighted by Gasteiger charge is 2.30. The Hall–Kier alpha value is -1.77. The van der Waals surface area contributed by atoms with Crippen molar-refractivity contribution in [3.8, 4) is 0 Å². The molecule has 128 valence electrons. The third kappa shape index (κ3) is 3.50. The van der Waals surface area contributed by atoms with Gasteiger partial charge in [-0.1, -0.05) is 6.42 Å². The molecule has 0 bridgehead atoms. The number of rotatable bonds is 4. The van der Waals surface area contributed by atoms with E-state index in [4.69, 9.17) is 0 Å². The summed E-state index contributed by atoms with van der Waals surface area (Å²) in [6, 6.07) is 6.06. The van der Waals surface area contributed by atoms with Crippen molar-refractivity contribution in [3.63, 3.8) is 0 Å². The smallest absolute Gasteiger partial charge is 0.257 e. The van der Waals surface area contributed by atoms with E-state index in [1.54, 1.807) is 15.9 Å². The predicted octanol–water partition coefficient (Wildman–Crippen LogP) is 2.96. The lowest BCUT2D eigenvalue weighted by molar-refractivity contribution is 0.102. The largest absolute Gasteiger partial charge is 0.298 e. The lowest BCUT2D eigenvalue weighted by Gasteiger charge is -2.32. The molecular weight excluding hydrogens is 346 g/mol. The van der Waals surface area contributed by atoms with E-state index in [0.29, 0.717) is 17.2 Å². The molecule has 1 N–H and O–H groups in total. The number of amides is 1. The van der Waals surface area contributed by atoms with Crippen LogP contribution in [0.15, 0.2) is 40.7 Å². The Morgan fingerprint density at radius 2 is 2.04 bits per heavy atom. The van der Waals surface area contributed by atoms with E-state index >= 15 is 0 Å². The molecule has 2 heterocycles. The van der Waals surface area contributed by atoms with Gasteiger partial charge in [-0.15, -0.1) is 11.3 Å². The summed E-state index contributed by atoms with van der Waals surface area (Å²) in [6.45, 7) is 2.49. The van der Waals surface area contributed by atoms with Gasteiger partial charge in [0.2, 0.25) is 10.0 Å². The number of carbonyl (C=O) groups excluding carboxylic acids is 1. The molecule has 1 fully saturated rings. The minimum Gasteiger partial charge on any atom is -0.298 e. The maximum Gasteiger partial charge on any atom is 0.257 e. The third-order valence-corrected chi connectivity index (χ3v) is 6.83. The summed E-state index contributed by atoms with van der Waals surface area (Å²) in [6.07, 6.45) is 4.43. The molecule has 1 amide bonds. The van der Waals surface area contributed by atoms with E-state index in [1.165, 1.54) is 35.6 Å². The van der Waals surface area contributed by atoms with Crippen molar-refractivity contribution in [3.05, 3.63) is 41.4 Å². The summed E-state index contributed by atoms with van der Waals surface area (Å²) < 4.78 is 27.1. The molecule has 3 rings (SSSR count). The summed E-state index contributed by atoms with van der Waals surface area (Å²) in [5, 5.41) is 4.96. The van der Waals surface area contributed by atoms with Crippen molar-refractivity contribution in [2.24, 2.45) is 0 Å². The molecule has 0 unspecified atom stereocenters. The van der Waals surface area contributed by atoms with Gasteiger partial charge in [0.05, 0.1) is 4.90 Å². The minimum atomic E-state index is -3.51. The van der Waals surface area contributed by atoms with Gasteiger partial charge in [0.1, 0.15) is 0 Å². The zero-order chi connectivity index (χ0) is 17.2. The molecule has 8 heteroatoms. The van der Waals surface area contributed by atoms with E-state index in [0.717, 1.165) is 19.3 Å².